The van der Waals surface area contributed by atoms with Gasteiger partial charge in [-0.05, 0) is 39.0 Å². The highest BCUT2D eigenvalue weighted by Crippen LogP contribution is 2.22. The first kappa shape index (κ1) is 19.0. The highest BCUT2D eigenvalue weighted by molar-refractivity contribution is 7.89. The number of carbonyl (C=O) groups excluding carboxylic acids is 1. The minimum atomic E-state index is -3.69. The summed E-state index contributed by atoms with van der Waals surface area (Å²) in [4.78, 5) is 16.7. The van der Waals surface area contributed by atoms with Gasteiger partial charge in [0.2, 0.25) is 10.0 Å². The van der Waals surface area contributed by atoms with Gasteiger partial charge >= 0.3 is 0 Å². The van der Waals surface area contributed by atoms with E-state index in [9.17, 15) is 13.2 Å². The third-order valence-electron chi connectivity index (χ3n) is 3.96. The summed E-state index contributed by atoms with van der Waals surface area (Å²) >= 11 is 1.32. The number of hydrogen-bond acceptors (Lipinski definition) is 6. The first-order valence-electron chi connectivity index (χ1n) is 8.25. The smallest absolute Gasteiger partial charge is 0.257 e. The lowest BCUT2D eigenvalue weighted by Crippen LogP contribution is -2.48. The monoisotopic (exact) mass is 395 g/mol. The number of ether oxygens (including phenoxy) is 1. The Kier molecular flexibility index (Phi) is 5.42. The van der Waals surface area contributed by atoms with Gasteiger partial charge in [0.15, 0.2) is 5.13 Å². The predicted molar refractivity (Wildman–Crippen MR) is 100 cm³/mol. The molecule has 1 saturated heterocycles. The second-order valence-corrected chi connectivity index (χ2v) is 9.15. The van der Waals surface area contributed by atoms with Crippen LogP contribution >= 0.6 is 11.3 Å². The van der Waals surface area contributed by atoms with Gasteiger partial charge in [-0.2, -0.15) is 4.31 Å². The van der Waals surface area contributed by atoms with Crippen molar-refractivity contribution in [1.82, 2.24) is 9.29 Å². The molecule has 1 amide bonds. The van der Waals surface area contributed by atoms with Gasteiger partial charge in [-0.15, -0.1) is 11.3 Å². The molecule has 0 unspecified atom stereocenters. The number of nitrogens with one attached hydrogen (secondary N) is 1. The quantitative estimate of drug-likeness (QED) is 0.859. The van der Waals surface area contributed by atoms with E-state index in [4.69, 9.17) is 4.74 Å². The van der Waals surface area contributed by atoms with Gasteiger partial charge in [0.25, 0.3) is 5.91 Å². The molecule has 1 N–H and O–H groups in total. The SMILES string of the molecule is Cc1csc(NC(=O)c2cccc(S(=O)(=O)N3C[C@@H](C)O[C@H](C)C3)c2)n1. The molecule has 9 heteroatoms. The number of rotatable bonds is 4. The zero-order valence-corrected chi connectivity index (χ0v) is 16.4. The summed E-state index contributed by atoms with van der Waals surface area (Å²) in [6.07, 6.45) is -0.346. The first-order chi connectivity index (χ1) is 12.3. The molecule has 0 bridgehead atoms. The maximum atomic E-state index is 12.9. The molecule has 0 radical (unpaired) electrons. The van der Waals surface area contributed by atoms with Gasteiger partial charge in [0, 0.05) is 24.0 Å². The van der Waals surface area contributed by atoms with Crippen LogP contribution in [0.15, 0.2) is 34.5 Å². The summed E-state index contributed by atoms with van der Waals surface area (Å²) in [5, 5.41) is 5.00. The molecule has 1 aliphatic rings. The molecular formula is C17H21N3O4S2. The summed E-state index contributed by atoms with van der Waals surface area (Å²) in [5.41, 5.74) is 1.09. The van der Waals surface area contributed by atoms with Crippen LogP contribution in [-0.4, -0.2) is 48.9 Å². The fourth-order valence-electron chi connectivity index (χ4n) is 2.85. The normalized spacial score (nSPS) is 21.5. The van der Waals surface area contributed by atoms with Crippen LogP contribution in [0.5, 0.6) is 0 Å². The fourth-order valence-corrected chi connectivity index (χ4v) is 5.17. The average molecular weight is 396 g/mol. The average Bonchev–Trinajstić information content (AvgIpc) is 2.99. The van der Waals surface area contributed by atoms with Gasteiger partial charge in [0.05, 0.1) is 22.8 Å². The molecule has 140 valence electrons. The Morgan fingerprint density at radius 1 is 1.31 bits per heavy atom. The minimum Gasteiger partial charge on any atom is -0.373 e. The predicted octanol–water partition coefficient (Wildman–Crippen LogP) is 2.50. The lowest BCUT2D eigenvalue weighted by Gasteiger charge is -2.34. The Balaban J connectivity index is 1.82. The van der Waals surface area contributed by atoms with Crippen molar-refractivity contribution in [1.29, 1.82) is 0 Å². The Labute approximate surface area is 157 Å². The molecule has 2 heterocycles. The second-order valence-electron chi connectivity index (χ2n) is 6.36. The van der Waals surface area contributed by atoms with Gasteiger partial charge in [-0.3, -0.25) is 10.1 Å². The van der Waals surface area contributed by atoms with Crippen LogP contribution in [0.4, 0.5) is 5.13 Å². The summed E-state index contributed by atoms with van der Waals surface area (Å²) in [5.74, 6) is -0.389. The van der Waals surface area contributed by atoms with Crippen molar-refractivity contribution in [2.45, 2.75) is 37.9 Å². The Morgan fingerprint density at radius 3 is 2.62 bits per heavy atom. The largest absolute Gasteiger partial charge is 0.373 e. The van der Waals surface area contributed by atoms with Crippen LogP contribution < -0.4 is 5.32 Å². The van der Waals surface area contributed by atoms with E-state index in [1.807, 2.05) is 26.2 Å². The van der Waals surface area contributed by atoms with E-state index in [1.165, 1.54) is 27.8 Å². The van der Waals surface area contributed by atoms with Gasteiger partial charge in [-0.25, -0.2) is 13.4 Å². The number of hydrogen-bond donors (Lipinski definition) is 1. The fraction of sp³-hybridized carbons (Fsp3) is 0.412. The first-order valence-corrected chi connectivity index (χ1v) is 10.6. The van der Waals surface area contributed by atoms with Crippen molar-refractivity contribution in [3.63, 3.8) is 0 Å². The van der Waals surface area contributed by atoms with Crippen molar-refractivity contribution in [2.24, 2.45) is 0 Å². The molecule has 7 nitrogen and oxygen atoms in total. The summed E-state index contributed by atoms with van der Waals surface area (Å²) in [7, 11) is -3.69. The summed E-state index contributed by atoms with van der Waals surface area (Å²) in [6, 6.07) is 6.06. The van der Waals surface area contributed by atoms with E-state index in [1.54, 1.807) is 12.1 Å². The number of aryl methyl sites for hydroxylation is 1. The van der Waals surface area contributed by atoms with Crippen LogP contribution in [0.3, 0.4) is 0 Å². The van der Waals surface area contributed by atoms with Gasteiger partial charge in [0.1, 0.15) is 0 Å². The van der Waals surface area contributed by atoms with Crippen molar-refractivity contribution >= 4 is 32.4 Å². The molecule has 1 aromatic carbocycles. The number of amides is 1. The molecule has 1 aliphatic heterocycles. The molecule has 1 fully saturated rings. The van der Waals surface area contributed by atoms with E-state index in [0.29, 0.717) is 18.2 Å². The number of nitrogens with zero attached hydrogens (tertiary/aromatic N) is 2. The van der Waals surface area contributed by atoms with E-state index in [2.05, 4.69) is 10.3 Å². The molecule has 0 spiro atoms. The molecule has 0 aliphatic carbocycles. The van der Waals surface area contributed by atoms with E-state index in [0.717, 1.165) is 5.69 Å². The summed E-state index contributed by atoms with van der Waals surface area (Å²) < 4.78 is 32.9. The lowest BCUT2D eigenvalue weighted by molar-refractivity contribution is -0.0440. The molecule has 3 rings (SSSR count). The van der Waals surface area contributed by atoms with Crippen molar-refractivity contribution in [2.75, 3.05) is 18.4 Å². The van der Waals surface area contributed by atoms with Crippen LogP contribution in [-0.2, 0) is 14.8 Å². The molecule has 0 saturated carbocycles. The van der Waals surface area contributed by atoms with Crippen LogP contribution in [0, 0.1) is 6.92 Å². The highest BCUT2D eigenvalue weighted by atomic mass is 32.2. The zero-order chi connectivity index (χ0) is 18.9. The van der Waals surface area contributed by atoms with Crippen LogP contribution in [0.1, 0.15) is 29.9 Å². The number of anilines is 1. The Hall–Kier alpha value is -1.81. The standard InChI is InChI=1S/C17H21N3O4S2/c1-11-10-25-17(18-11)19-16(21)14-5-4-6-15(7-14)26(22,23)20-8-12(2)24-13(3)9-20/h4-7,10,12-13H,8-9H2,1-3H3,(H,18,19,21)/t12-,13-/m1/s1. The Morgan fingerprint density at radius 2 is 2.00 bits per heavy atom. The Bertz CT molecular complexity index is 900. The van der Waals surface area contributed by atoms with Crippen LogP contribution in [0.2, 0.25) is 0 Å². The van der Waals surface area contributed by atoms with Crippen molar-refractivity contribution in [3.05, 3.63) is 40.9 Å². The minimum absolute atomic E-state index is 0.0989. The number of thiazole rings is 1. The van der Waals surface area contributed by atoms with Crippen molar-refractivity contribution in [3.8, 4) is 0 Å². The number of morpholine rings is 1. The third kappa shape index (κ3) is 4.12. The highest BCUT2D eigenvalue weighted by Gasteiger charge is 2.32. The zero-order valence-electron chi connectivity index (χ0n) is 14.8. The molecule has 2 aromatic rings. The third-order valence-corrected chi connectivity index (χ3v) is 6.66. The van der Waals surface area contributed by atoms with Crippen LogP contribution in [0.25, 0.3) is 0 Å². The van der Waals surface area contributed by atoms with E-state index >= 15 is 0 Å². The maximum absolute atomic E-state index is 12.9. The molecule has 2 atom stereocenters. The van der Waals surface area contributed by atoms with E-state index in [-0.39, 0.29) is 28.6 Å². The second kappa shape index (κ2) is 7.43. The topological polar surface area (TPSA) is 88.6 Å². The van der Waals surface area contributed by atoms with E-state index < -0.39 is 10.0 Å². The molecule has 26 heavy (non-hydrogen) atoms. The number of benzene rings is 1. The molecular weight excluding hydrogens is 374 g/mol. The lowest BCUT2D eigenvalue weighted by atomic mass is 10.2. The molecule has 1 aromatic heterocycles. The number of carbonyl (C=O) groups is 1. The van der Waals surface area contributed by atoms with Crippen molar-refractivity contribution < 1.29 is 17.9 Å². The number of sulfonamides is 1. The summed E-state index contributed by atoms with van der Waals surface area (Å²) in [6.45, 7) is 6.11. The number of aromatic nitrogens is 1. The maximum Gasteiger partial charge on any atom is 0.257 e. The van der Waals surface area contributed by atoms with Gasteiger partial charge < -0.3 is 4.74 Å². The van der Waals surface area contributed by atoms with Gasteiger partial charge in [-0.1, -0.05) is 6.07 Å².